The van der Waals surface area contributed by atoms with Gasteiger partial charge in [0.2, 0.25) is 0 Å². The van der Waals surface area contributed by atoms with Crippen molar-refractivity contribution >= 4 is 27.6 Å². The molecule has 0 bridgehead atoms. The second-order valence-corrected chi connectivity index (χ2v) is 5.93. The number of esters is 1. The third-order valence-electron chi connectivity index (χ3n) is 2.87. The van der Waals surface area contributed by atoms with E-state index in [1.165, 1.54) is 5.56 Å². The zero-order valence-corrected chi connectivity index (χ0v) is 13.7. The molecule has 0 amide bonds. The lowest BCUT2D eigenvalue weighted by atomic mass is 10.2. The Labute approximate surface area is 133 Å². The van der Waals surface area contributed by atoms with Gasteiger partial charge in [-0.3, -0.25) is 0 Å². The number of carbonyl (C=O) groups excluding carboxylic acids is 1. The summed E-state index contributed by atoms with van der Waals surface area (Å²) in [5, 5.41) is 3.32. The SMILES string of the molecule is CC(C)OC(=O)c1ccc(NCc2ccc(Br)cc2)cc1. The van der Waals surface area contributed by atoms with Crippen molar-refractivity contribution in [1.29, 1.82) is 0 Å². The van der Waals surface area contributed by atoms with Crippen LogP contribution in [0.1, 0.15) is 29.8 Å². The van der Waals surface area contributed by atoms with Crippen molar-refractivity contribution in [2.24, 2.45) is 0 Å². The van der Waals surface area contributed by atoms with Crippen LogP contribution in [0, 0.1) is 0 Å². The summed E-state index contributed by atoms with van der Waals surface area (Å²) in [5.74, 6) is -0.288. The van der Waals surface area contributed by atoms with Crippen LogP contribution in [0.4, 0.5) is 5.69 Å². The number of anilines is 1. The van der Waals surface area contributed by atoms with Crippen LogP contribution < -0.4 is 5.32 Å². The largest absolute Gasteiger partial charge is 0.459 e. The highest BCUT2D eigenvalue weighted by Crippen LogP contribution is 2.14. The summed E-state index contributed by atoms with van der Waals surface area (Å²) in [4.78, 5) is 11.7. The van der Waals surface area contributed by atoms with Crippen LogP contribution in [0.5, 0.6) is 0 Å². The molecule has 0 atom stereocenters. The Hall–Kier alpha value is -1.81. The molecule has 0 saturated carbocycles. The molecule has 1 N–H and O–H groups in total. The summed E-state index contributed by atoms with van der Waals surface area (Å²) in [7, 11) is 0. The lowest BCUT2D eigenvalue weighted by Crippen LogP contribution is -2.11. The topological polar surface area (TPSA) is 38.3 Å². The van der Waals surface area contributed by atoms with Crippen LogP contribution in [-0.4, -0.2) is 12.1 Å². The molecule has 0 fully saturated rings. The number of rotatable bonds is 5. The number of nitrogens with one attached hydrogen (secondary N) is 1. The van der Waals surface area contributed by atoms with Gasteiger partial charge in [0.1, 0.15) is 0 Å². The van der Waals surface area contributed by atoms with E-state index in [1.807, 2.05) is 38.1 Å². The van der Waals surface area contributed by atoms with E-state index in [2.05, 4.69) is 33.4 Å². The van der Waals surface area contributed by atoms with Crippen LogP contribution in [0.25, 0.3) is 0 Å². The molecule has 0 spiro atoms. The quantitative estimate of drug-likeness (QED) is 0.801. The number of ether oxygens (including phenoxy) is 1. The summed E-state index contributed by atoms with van der Waals surface area (Å²) >= 11 is 3.42. The molecule has 0 unspecified atom stereocenters. The number of halogens is 1. The smallest absolute Gasteiger partial charge is 0.338 e. The minimum atomic E-state index is -0.288. The number of hydrogen-bond acceptors (Lipinski definition) is 3. The van der Waals surface area contributed by atoms with Crippen molar-refractivity contribution in [2.75, 3.05) is 5.32 Å². The van der Waals surface area contributed by atoms with Gasteiger partial charge < -0.3 is 10.1 Å². The molecule has 0 aliphatic heterocycles. The Bertz CT molecular complexity index is 591. The molecule has 2 rings (SSSR count). The fourth-order valence-corrected chi connectivity index (χ4v) is 2.08. The minimum Gasteiger partial charge on any atom is -0.459 e. The Morgan fingerprint density at radius 2 is 1.71 bits per heavy atom. The van der Waals surface area contributed by atoms with E-state index in [9.17, 15) is 4.79 Å². The van der Waals surface area contributed by atoms with Gasteiger partial charge in [-0.2, -0.15) is 0 Å². The number of carbonyl (C=O) groups is 1. The van der Waals surface area contributed by atoms with Crippen molar-refractivity contribution in [3.05, 3.63) is 64.1 Å². The monoisotopic (exact) mass is 347 g/mol. The van der Waals surface area contributed by atoms with Gasteiger partial charge in [0.05, 0.1) is 11.7 Å². The molecule has 0 radical (unpaired) electrons. The summed E-state index contributed by atoms with van der Waals surface area (Å²) < 4.78 is 6.22. The molecule has 2 aromatic carbocycles. The van der Waals surface area contributed by atoms with Crippen molar-refractivity contribution in [3.8, 4) is 0 Å². The molecular formula is C17H18BrNO2. The molecule has 0 aromatic heterocycles. The van der Waals surface area contributed by atoms with Gasteiger partial charge in [0.15, 0.2) is 0 Å². The molecule has 0 heterocycles. The summed E-state index contributed by atoms with van der Waals surface area (Å²) in [6.07, 6.45) is -0.104. The van der Waals surface area contributed by atoms with Crippen LogP contribution in [0.3, 0.4) is 0 Å². The Balaban J connectivity index is 1.93. The van der Waals surface area contributed by atoms with E-state index in [1.54, 1.807) is 12.1 Å². The first kappa shape index (κ1) is 15.6. The predicted octanol–water partition coefficient (Wildman–Crippen LogP) is 4.63. The van der Waals surface area contributed by atoms with E-state index < -0.39 is 0 Å². The number of benzene rings is 2. The van der Waals surface area contributed by atoms with E-state index in [0.29, 0.717) is 5.56 Å². The molecule has 0 saturated heterocycles. The molecular weight excluding hydrogens is 330 g/mol. The Morgan fingerprint density at radius 1 is 1.10 bits per heavy atom. The van der Waals surface area contributed by atoms with Crippen LogP contribution in [0.15, 0.2) is 53.0 Å². The van der Waals surface area contributed by atoms with Crippen molar-refractivity contribution in [1.82, 2.24) is 0 Å². The maximum atomic E-state index is 11.7. The fraction of sp³-hybridized carbons (Fsp3) is 0.235. The molecule has 2 aromatic rings. The maximum Gasteiger partial charge on any atom is 0.338 e. The van der Waals surface area contributed by atoms with Gasteiger partial charge in [-0.25, -0.2) is 4.79 Å². The Kier molecular flexibility index (Phi) is 5.39. The second-order valence-electron chi connectivity index (χ2n) is 5.01. The van der Waals surface area contributed by atoms with Gasteiger partial charge in [0, 0.05) is 16.7 Å². The molecule has 0 aliphatic rings. The first-order chi connectivity index (χ1) is 10.0. The average molecular weight is 348 g/mol. The highest BCUT2D eigenvalue weighted by atomic mass is 79.9. The van der Waals surface area contributed by atoms with E-state index >= 15 is 0 Å². The fourth-order valence-electron chi connectivity index (χ4n) is 1.81. The van der Waals surface area contributed by atoms with Gasteiger partial charge in [-0.15, -0.1) is 0 Å². The van der Waals surface area contributed by atoms with E-state index in [-0.39, 0.29) is 12.1 Å². The van der Waals surface area contributed by atoms with Crippen LogP contribution >= 0.6 is 15.9 Å². The molecule has 3 nitrogen and oxygen atoms in total. The zero-order valence-electron chi connectivity index (χ0n) is 12.1. The lowest BCUT2D eigenvalue weighted by Gasteiger charge is -2.09. The van der Waals surface area contributed by atoms with E-state index in [0.717, 1.165) is 16.7 Å². The van der Waals surface area contributed by atoms with Crippen LogP contribution in [-0.2, 0) is 11.3 Å². The van der Waals surface area contributed by atoms with Gasteiger partial charge in [-0.1, -0.05) is 28.1 Å². The first-order valence-corrected chi connectivity index (χ1v) is 7.63. The van der Waals surface area contributed by atoms with Crippen molar-refractivity contribution in [2.45, 2.75) is 26.5 Å². The normalized spacial score (nSPS) is 10.5. The average Bonchev–Trinajstić information content (AvgIpc) is 2.46. The van der Waals surface area contributed by atoms with Gasteiger partial charge in [0.25, 0.3) is 0 Å². The zero-order chi connectivity index (χ0) is 15.2. The standard InChI is InChI=1S/C17H18BrNO2/c1-12(2)21-17(20)14-5-9-16(10-6-14)19-11-13-3-7-15(18)8-4-13/h3-10,12,19H,11H2,1-2H3. The van der Waals surface area contributed by atoms with Gasteiger partial charge >= 0.3 is 5.97 Å². The highest BCUT2D eigenvalue weighted by Gasteiger charge is 2.08. The van der Waals surface area contributed by atoms with Gasteiger partial charge in [-0.05, 0) is 55.8 Å². The van der Waals surface area contributed by atoms with Crippen molar-refractivity contribution < 1.29 is 9.53 Å². The van der Waals surface area contributed by atoms with Crippen molar-refractivity contribution in [3.63, 3.8) is 0 Å². The first-order valence-electron chi connectivity index (χ1n) is 6.84. The summed E-state index contributed by atoms with van der Waals surface area (Å²) in [6, 6.07) is 15.5. The molecule has 0 aliphatic carbocycles. The third kappa shape index (κ3) is 4.90. The predicted molar refractivity (Wildman–Crippen MR) is 88.5 cm³/mol. The minimum absolute atomic E-state index is 0.104. The van der Waals surface area contributed by atoms with Crippen LogP contribution in [0.2, 0.25) is 0 Å². The maximum absolute atomic E-state index is 11.7. The molecule has 21 heavy (non-hydrogen) atoms. The second kappa shape index (κ2) is 7.27. The van der Waals surface area contributed by atoms with E-state index in [4.69, 9.17) is 4.74 Å². The summed E-state index contributed by atoms with van der Waals surface area (Å²) in [5.41, 5.74) is 2.73. The number of hydrogen-bond donors (Lipinski definition) is 1. The third-order valence-corrected chi connectivity index (χ3v) is 3.40. The lowest BCUT2D eigenvalue weighted by molar-refractivity contribution is 0.0378. The molecule has 4 heteroatoms. The highest BCUT2D eigenvalue weighted by molar-refractivity contribution is 9.10. The Morgan fingerprint density at radius 3 is 2.29 bits per heavy atom. The summed E-state index contributed by atoms with van der Waals surface area (Å²) in [6.45, 7) is 4.42. The molecule has 110 valence electrons.